The number of aliphatic hydroxyl groups is 1. The molecule has 2 amide bonds. The fourth-order valence-corrected chi connectivity index (χ4v) is 2.72. The van der Waals surface area contributed by atoms with Crippen molar-refractivity contribution in [3.05, 3.63) is 11.6 Å². The summed E-state index contributed by atoms with van der Waals surface area (Å²) in [5, 5.41) is 17.4. The number of aromatic nitrogens is 3. The molecule has 0 fully saturated rings. The molecular formula is C15H27N5O2. The van der Waals surface area contributed by atoms with Gasteiger partial charge in [0.05, 0.1) is 18.2 Å². The van der Waals surface area contributed by atoms with Gasteiger partial charge in [0, 0.05) is 19.5 Å². The number of nitrogens with one attached hydrogen (secondary N) is 1. The molecular weight excluding hydrogens is 282 g/mol. The van der Waals surface area contributed by atoms with Crippen molar-refractivity contribution < 1.29 is 9.90 Å². The summed E-state index contributed by atoms with van der Waals surface area (Å²) in [5.41, 5.74) is -0.907. The molecule has 2 N–H and O–H groups in total. The number of amides is 2. The Kier molecular flexibility index (Phi) is 5.05. The van der Waals surface area contributed by atoms with Gasteiger partial charge in [-0.05, 0) is 33.6 Å². The van der Waals surface area contributed by atoms with Gasteiger partial charge in [0.25, 0.3) is 0 Å². The van der Waals surface area contributed by atoms with Gasteiger partial charge in [0.1, 0.15) is 5.82 Å². The van der Waals surface area contributed by atoms with Gasteiger partial charge in [-0.2, -0.15) is 5.10 Å². The molecule has 124 valence electrons. The maximum Gasteiger partial charge on any atom is 0.318 e. The summed E-state index contributed by atoms with van der Waals surface area (Å²) in [6, 6.07) is -0.269. The second-order valence-corrected chi connectivity index (χ2v) is 6.43. The standard InChI is InChI=1S/C15H27N5O2/c1-5-12-17-13-11(8-7-9-20(13)18-12)16-14(21)19(6-2)10-15(3,4)22/h11,22H,5-10H2,1-4H3,(H,16,21). The lowest BCUT2D eigenvalue weighted by atomic mass is 10.1. The Hall–Kier alpha value is -1.63. The number of carbonyl (C=O) groups is 1. The zero-order valence-corrected chi connectivity index (χ0v) is 14.0. The maximum atomic E-state index is 12.5. The molecule has 2 heterocycles. The van der Waals surface area contributed by atoms with Gasteiger partial charge in [-0.25, -0.2) is 14.5 Å². The van der Waals surface area contributed by atoms with Gasteiger partial charge in [0.2, 0.25) is 0 Å². The van der Waals surface area contributed by atoms with Crippen LogP contribution in [0.25, 0.3) is 0 Å². The van der Waals surface area contributed by atoms with Crippen LogP contribution in [-0.4, -0.2) is 49.5 Å². The molecule has 0 radical (unpaired) electrons. The van der Waals surface area contributed by atoms with Crippen LogP contribution in [-0.2, 0) is 13.0 Å². The number of hydrogen-bond acceptors (Lipinski definition) is 4. The quantitative estimate of drug-likeness (QED) is 0.863. The molecule has 0 bridgehead atoms. The topological polar surface area (TPSA) is 83.3 Å². The second kappa shape index (κ2) is 6.64. The minimum atomic E-state index is -0.907. The smallest absolute Gasteiger partial charge is 0.318 e. The Morgan fingerprint density at radius 2 is 2.23 bits per heavy atom. The van der Waals surface area contributed by atoms with E-state index in [0.717, 1.165) is 37.5 Å². The number of nitrogens with zero attached hydrogens (tertiary/aromatic N) is 4. The van der Waals surface area contributed by atoms with E-state index in [-0.39, 0.29) is 12.1 Å². The summed E-state index contributed by atoms with van der Waals surface area (Å²) in [4.78, 5) is 18.6. The molecule has 7 nitrogen and oxygen atoms in total. The molecule has 1 aliphatic heterocycles. The Morgan fingerprint density at radius 3 is 2.82 bits per heavy atom. The number of hydrogen-bond donors (Lipinski definition) is 2. The van der Waals surface area contributed by atoms with E-state index >= 15 is 0 Å². The molecule has 1 aliphatic rings. The van der Waals surface area contributed by atoms with Crippen molar-refractivity contribution in [2.75, 3.05) is 13.1 Å². The first-order chi connectivity index (χ1) is 10.3. The average molecular weight is 309 g/mol. The van der Waals surface area contributed by atoms with Crippen LogP contribution in [0.5, 0.6) is 0 Å². The number of carbonyl (C=O) groups excluding carboxylic acids is 1. The first-order valence-electron chi connectivity index (χ1n) is 8.05. The maximum absolute atomic E-state index is 12.5. The van der Waals surface area contributed by atoms with E-state index in [9.17, 15) is 9.90 Å². The van der Waals surface area contributed by atoms with Crippen LogP contribution in [0.1, 0.15) is 58.2 Å². The summed E-state index contributed by atoms with van der Waals surface area (Å²) < 4.78 is 1.90. The Labute approximate surface area is 131 Å². The van der Waals surface area contributed by atoms with Crippen molar-refractivity contribution in [1.82, 2.24) is 25.0 Å². The van der Waals surface area contributed by atoms with Crippen LogP contribution in [0.3, 0.4) is 0 Å². The van der Waals surface area contributed by atoms with Gasteiger partial charge < -0.3 is 15.3 Å². The molecule has 0 saturated heterocycles. The van der Waals surface area contributed by atoms with E-state index in [4.69, 9.17) is 0 Å². The Balaban J connectivity index is 2.07. The molecule has 1 unspecified atom stereocenters. The fourth-order valence-electron chi connectivity index (χ4n) is 2.72. The van der Waals surface area contributed by atoms with Crippen LogP contribution in [0.2, 0.25) is 0 Å². The predicted octanol–water partition coefficient (Wildman–Crippen LogP) is 1.48. The summed E-state index contributed by atoms with van der Waals surface area (Å²) in [6.45, 7) is 9.04. The van der Waals surface area contributed by atoms with E-state index in [1.54, 1.807) is 18.7 Å². The monoisotopic (exact) mass is 309 g/mol. The van der Waals surface area contributed by atoms with E-state index < -0.39 is 5.60 Å². The first-order valence-corrected chi connectivity index (χ1v) is 8.05. The molecule has 7 heteroatoms. The highest BCUT2D eigenvalue weighted by Gasteiger charge is 2.28. The first kappa shape index (κ1) is 16.7. The number of urea groups is 1. The fraction of sp³-hybridized carbons (Fsp3) is 0.800. The number of aryl methyl sites for hydroxylation is 2. The minimum Gasteiger partial charge on any atom is -0.389 e. The van der Waals surface area contributed by atoms with Gasteiger partial charge >= 0.3 is 6.03 Å². The van der Waals surface area contributed by atoms with Crippen LogP contribution in [0.15, 0.2) is 0 Å². The summed E-state index contributed by atoms with van der Waals surface area (Å²) >= 11 is 0. The molecule has 1 aromatic rings. The van der Waals surface area contributed by atoms with Crippen molar-refractivity contribution in [3.8, 4) is 0 Å². The van der Waals surface area contributed by atoms with E-state index in [2.05, 4.69) is 15.4 Å². The lowest BCUT2D eigenvalue weighted by Crippen LogP contribution is -2.48. The zero-order valence-electron chi connectivity index (χ0n) is 14.0. The molecule has 2 rings (SSSR count). The Morgan fingerprint density at radius 1 is 1.50 bits per heavy atom. The average Bonchev–Trinajstić information content (AvgIpc) is 2.88. The van der Waals surface area contributed by atoms with Crippen LogP contribution >= 0.6 is 0 Å². The molecule has 0 spiro atoms. The highest BCUT2D eigenvalue weighted by atomic mass is 16.3. The Bertz CT molecular complexity index is 520. The third kappa shape index (κ3) is 3.97. The molecule has 0 saturated carbocycles. The summed E-state index contributed by atoms with van der Waals surface area (Å²) in [7, 11) is 0. The zero-order chi connectivity index (χ0) is 16.3. The highest BCUT2D eigenvalue weighted by molar-refractivity contribution is 5.74. The minimum absolute atomic E-state index is 0.107. The van der Waals surface area contributed by atoms with Crippen LogP contribution < -0.4 is 5.32 Å². The SMILES string of the molecule is CCc1nc2n(n1)CCCC2NC(=O)N(CC)CC(C)(C)O. The van der Waals surface area contributed by atoms with Gasteiger partial charge in [-0.15, -0.1) is 0 Å². The summed E-state index contributed by atoms with van der Waals surface area (Å²) in [5.74, 6) is 1.66. The van der Waals surface area contributed by atoms with E-state index in [1.807, 2.05) is 18.5 Å². The third-order valence-electron chi connectivity index (χ3n) is 3.78. The molecule has 1 aromatic heterocycles. The summed E-state index contributed by atoms with van der Waals surface area (Å²) in [6.07, 6.45) is 2.64. The predicted molar refractivity (Wildman–Crippen MR) is 83.5 cm³/mol. The molecule has 0 aromatic carbocycles. The highest BCUT2D eigenvalue weighted by Crippen LogP contribution is 2.23. The van der Waals surface area contributed by atoms with Crippen molar-refractivity contribution in [3.63, 3.8) is 0 Å². The van der Waals surface area contributed by atoms with Crippen molar-refractivity contribution in [2.45, 2.75) is 65.1 Å². The largest absolute Gasteiger partial charge is 0.389 e. The lowest BCUT2D eigenvalue weighted by molar-refractivity contribution is 0.0473. The van der Waals surface area contributed by atoms with Crippen LogP contribution in [0.4, 0.5) is 4.79 Å². The number of rotatable bonds is 5. The third-order valence-corrected chi connectivity index (χ3v) is 3.78. The second-order valence-electron chi connectivity index (χ2n) is 6.43. The molecule has 1 atom stereocenters. The normalized spacial score (nSPS) is 18.0. The number of fused-ring (bicyclic) bond motifs is 1. The van der Waals surface area contributed by atoms with Gasteiger partial charge in [-0.1, -0.05) is 6.92 Å². The van der Waals surface area contributed by atoms with Crippen molar-refractivity contribution in [1.29, 1.82) is 0 Å². The molecule has 0 aliphatic carbocycles. The number of likely N-dealkylation sites (N-methyl/N-ethyl adjacent to an activating group) is 1. The lowest BCUT2D eigenvalue weighted by Gasteiger charge is -2.31. The van der Waals surface area contributed by atoms with E-state index in [0.29, 0.717) is 13.1 Å². The van der Waals surface area contributed by atoms with Crippen molar-refractivity contribution in [2.24, 2.45) is 0 Å². The van der Waals surface area contributed by atoms with E-state index in [1.165, 1.54) is 0 Å². The van der Waals surface area contributed by atoms with Gasteiger partial charge in [0.15, 0.2) is 5.82 Å². The molecule has 22 heavy (non-hydrogen) atoms. The van der Waals surface area contributed by atoms with Crippen LogP contribution in [0, 0.1) is 0 Å². The van der Waals surface area contributed by atoms with Gasteiger partial charge in [-0.3, -0.25) is 0 Å². The van der Waals surface area contributed by atoms with Crippen molar-refractivity contribution >= 4 is 6.03 Å².